The minimum absolute atomic E-state index is 0.237. The Morgan fingerprint density at radius 1 is 1.29 bits per heavy atom. The second-order valence-electron chi connectivity index (χ2n) is 4.01. The topological polar surface area (TPSA) is 43.8 Å². The Hall–Kier alpha value is -1.91. The maximum Gasteiger partial charge on any atom is 0.159 e. The van der Waals surface area contributed by atoms with Gasteiger partial charge in [-0.25, -0.2) is 13.5 Å². The van der Waals surface area contributed by atoms with Gasteiger partial charge in [0.1, 0.15) is 5.82 Å². The van der Waals surface area contributed by atoms with Crippen molar-refractivity contribution in [3.63, 3.8) is 0 Å². The molecule has 2 N–H and O–H groups in total. The average Bonchev–Trinajstić information content (AvgIpc) is 2.63. The van der Waals surface area contributed by atoms with E-state index in [0.29, 0.717) is 11.4 Å². The summed E-state index contributed by atoms with van der Waals surface area (Å²) < 4.78 is 27.5. The van der Waals surface area contributed by atoms with E-state index in [1.165, 1.54) is 6.07 Å². The molecule has 0 aliphatic rings. The fourth-order valence-corrected chi connectivity index (χ4v) is 1.68. The van der Waals surface area contributed by atoms with Gasteiger partial charge in [-0.2, -0.15) is 5.10 Å². The third-order valence-electron chi connectivity index (χ3n) is 2.82. The molecule has 90 valence electrons. The highest BCUT2D eigenvalue weighted by Crippen LogP contribution is 2.23. The first kappa shape index (κ1) is 11.6. The van der Waals surface area contributed by atoms with Gasteiger partial charge in [0.15, 0.2) is 11.6 Å². The van der Waals surface area contributed by atoms with Gasteiger partial charge in [0.05, 0.1) is 12.2 Å². The van der Waals surface area contributed by atoms with E-state index >= 15 is 0 Å². The molecule has 2 rings (SSSR count). The van der Waals surface area contributed by atoms with Crippen LogP contribution in [0.2, 0.25) is 0 Å². The highest BCUT2D eigenvalue weighted by Gasteiger charge is 2.14. The number of benzene rings is 1. The third kappa shape index (κ3) is 2.00. The zero-order valence-corrected chi connectivity index (χ0v) is 9.61. The van der Waals surface area contributed by atoms with E-state index in [9.17, 15) is 8.78 Å². The first-order valence-corrected chi connectivity index (χ1v) is 5.25. The third-order valence-corrected chi connectivity index (χ3v) is 2.82. The molecule has 1 aromatic heterocycles. The number of nitrogen functional groups attached to an aromatic ring is 1. The van der Waals surface area contributed by atoms with E-state index in [0.717, 1.165) is 17.7 Å². The highest BCUT2D eigenvalue weighted by atomic mass is 19.2. The Labute approximate surface area is 97.9 Å². The maximum atomic E-state index is 13.1. The van der Waals surface area contributed by atoms with Gasteiger partial charge in [0, 0.05) is 5.56 Å². The number of aromatic nitrogens is 2. The summed E-state index contributed by atoms with van der Waals surface area (Å²) in [7, 11) is 0. The smallest absolute Gasteiger partial charge is 0.159 e. The number of aryl methyl sites for hydroxylation is 1. The van der Waals surface area contributed by atoms with Crippen LogP contribution in [0.4, 0.5) is 14.6 Å². The van der Waals surface area contributed by atoms with Crippen LogP contribution in [0, 0.1) is 18.6 Å². The second kappa shape index (κ2) is 4.16. The van der Waals surface area contributed by atoms with Crippen molar-refractivity contribution in [1.29, 1.82) is 0 Å². The van der Waals surface area contributed by atoms with Crippen molar-refractivity contribution in [2.45, 2.75) is 19.9 Å². The molecule has 0 aliphatic heterocycles. The summed E-state index contributed by atoms with van der Waals surface area (Å²) in [5, 5.41) is 4.12. The molecule has 1 aromatic carbocycles. The molecule has 0 bridgehead atoms. The van der Waals surface area contributed by atoms with E-state index in [-0.39, 0.29) is 6.04 Å². The molecular weight excluding hydrogens is 224 g/mol. The van der Waals surface area contributed by atoms with Gasteiger partial charge >= 0.3 is 0 Å². The van der Waals surface area contributed by atoms with Crippen LogP contribution in [0.15, 0.2) is 24.4 Å². The lowest BCUT2D eigenvalue weighted by Crippen LogP contribution is -2.12. The maximum absolute atomic E-state index is 13.1. The summed E-state index contributed by atoms with van der Waals surface area (Å²) in [5.41, 5.74) is 7.33. The summed E-state index contributed by atoms with van der Waals surface area (Å²) in [6, 6.07) is 3.56. The van der Waals surface area contributed by atoms with Crippen LogP contribution in [-0.2, 0) is 0 Å². The van der Waals surface area contributed by atoms with Gasteiger partial charge in [-0.3, -0.25) is 0 Å². The Morgan fingerprint density at radius 2 is 2.00 bits per heavy atom. The van der Waals surface area contributed by atoms with Gasteiger partial charge in [0.25, 0.3) is 0 Å². The molecule has 1 unspecified atom stereocenters. The summed E-state index contributed by atoms with van der Waals surface area (Å²) in [5.74, 6) is -1.19. The summed E-state index contributed by atoms with van der Waals surface area (Å²) in [4.78, 5) is 0. The van der Waals surface area contributed by atoms with Crippen molar-refractivity contribution in [2.24, 2.45) is 0 Å². The normalized spacial score (nSPS) is 12.7. The monoisotopic (exact) mass is 237 g/mol. The first-order valence-electron chi connectivity index (χ1n) is 5.25. The molecule has 2 aromatic rings. The van der Waals surface area contributed by atoms with E-state index in [1.807, 2.05) is 13.8 Å². The lowest BCUT2D eigenvalue weighted by molar-refractivity contribution is 0.500. The molecule has 3 nitrogen and oxygen atoms in total. The summed E-state index contributed by atoms with van der Waals surface area (Å²) in [6.45, 7) is 3.67. The van der Waals surface area contributed by atoms with E-state index in [1.54, 1.807) is 10.9 Å². The number of hydrogen-bond acceptors (Lipinski definition) is 2. The van der Waals surface area contributed by atoms with Crippen LogP contribution >= 0.6 is 0 Å². The molecule has 0 radical (unpaired) electrons. The van der Waals surface area contributed by atoms with Gasteiger partial charge in [-0.1, -0.05) is 6.07 Å². The zero-order chi connectivity index (χ0) is 12.6. The largest absolute Gasteiger partial charge is 0.384 e. The summed E-state index contributed by atoms with van der Waals surface area (Å²) in [6.07, 6.45) is 1.64. The van der Waals surface area contributed by atoms with Gasteiger partial charge in [0.2, 0.25) is 0 Å². The highest BCUT2D eigenvalue weighted by molar-refractivity contribution is 5.39. The Morgan fingerprint density at radius 3 is 2.53 bits per heavy atom. The van der Waals surface area contributed by atoms with Crippen LogP contribution < -0.4 is 5.73 Å². The van der Waals surface area contributed by atoms with Gasteiger partial charge < -0.3 is 5.73 Å². The SMILES string of the molecule is Cc1cnn(C(C)c2ccc(F)c(F)c2)c1N. The van der Waals surface area contributed by atoms with Crippen LogP contribution in [0.3, 0.4) is 0 Å². The number of nitrogens with two attached hydrogens (primary N) is 1. The van der Waals surface area contributed by atoms with Crippen molar-refractivity contribution < 1.29 is 8.78 Å². The van der Waals surface area contributed by atoms with Crippen molar-refractivity contribution in [3.05, 3.63) is 47.2 Å². The van der Waals surface area contributed by atoms with Crippen molar-refractivity contribution in [3.8, 4) is 0 Å². The minimum Gasteiger partial charge on any atom is -0.384 e. The molecule has 0 spiro atoms. The molecular formula is C12H13F2N3. The number of hydrogen-bond donors (Lipinski definition) is 1. The lowest BCUT2D eigenvalue weighted by atomic mass is 10.1. The molecule has 0 saturated carbocycles. The van der Waals surface area contributed by atoms with Crippen LogP contribution in [0.5, 0.6) is 0 Å². The predicted octanol–water partition coefficient (Wildman–Crippen LogP) is 2.66. The minimum atomic E-state index is -0.864. The number of rotatable bonds is 2. The fraction of sp³-hybridized carbons (Fsp3) is 0.250. The summed E-state index contributed by atoms with van der Waals surface area (Å²) >= 11 is 0. The lowest BCUT2D eigenvalue weighted by Gasteiger charge is -2.14. The zero-order valence-electron chi connectivity index (χ0n) is 9.61. The molecule has 0 saturated heterocycles. The first-order chi connectivity index (χ1) is 8.00. The average molecular weight is 237 g/mol. The van der Waals surface area contributed by atoms with Crippen molar-refractivity contribution in [1.82, 2.24) is 9.78 Å². The molecule has 0 fully saturated rings. The molecule has 5 heteroatoms. The number of anilines is 1. The Kier molecular flexibility index (Phi) is 2.83. The number of nitrogens with zero attached hydrogens (tertiary/aromatic N) is 2. The second-order valence-corrected chi connectivity index (χ2v) is 4.01. The van der Waals surface area contributed by atoms with E-state index in [2.05, 4.69) is 5.10 Å². The van der Waals surface area contributed by atoms with Crippen LogP contribution in [0.1, 0.15) is 24.1 Å². The quantitative estimate of drug-likeness (QED) is 0.872. The fourth-order valence-electron chi connectivity index (χ4n) is 1.68. The Bertz CT molecular complexity index is 549. The number of halogens is 2. The molecule has 17 heavy (non-hydrogen) atoms. The molecule has 1 atom stereocenters. The predicted molar refractivity (Wildman–Crippen MR) is 61.5 cm³/mol. The van der Waals surface area contributed by atoms with E-state index < -0.39 is 11.6 Å². The molecule has 0 amide bonds. The van der Waals surface area contributed by atoms with Gasteiger partial charge in [-0.15, -0.1) is 0 Å². The molecule has 0 aliphatic carbocycles. The standard InChI is InChI=1S/C12H13F2N3/c1-7-6-16-17(12(7)15)8(2)9-3-4-10(13)11(14)5-9/h3-6,8H,15H2,1-2H3. The Balaban J connectivity index is 2.40. The van der Waals surface area contributed by atoms with E-state index in [4.69, 9.17) is 5.73 Å². The van der Waals surface area contributed by atoms with Crippen molar-refractivity contribution >= 4 is 5.82 Å². The molecule has 1 heterocycles. The van der Waals surface area contributed by atoms with Crippen molar-refractivity contribution in [2.75, 3.05) is 5.73 Å². The van der Waals surface area contributed by atoms with Gasteiger partial charge in [-0.05, 0) is 31.5 Å². The van der Waals surface area contributed by atoms with Crippen LogP contribution in [-0.4, -0.2) is 9.78 Å². The van der Waals surface area contributed by atoms with Crippen LogP contribution in [0.25, 0.3) is 0 Å².